The summed E-state index contributed by atoms with van der Waals surface area (Å²) in [5.41, 5.74) is 1.58. The molecule has 0 aromatic heterocycles. The number of carbonyl (C=O) groups is 1. The van der Waals surface area contributed by atoms with Gasteiger partial charge in [-0.2, -0.15) is 0 Å². The Labute approximate surface area is 100 Å². The molecular weight excluding hydrogens is 224 g/mol. The number of fused-ring (bicyclic) bond motifs is 1. The Morgan fingerprint density at radius 2 is 2.19 bits per heavy atom. The normalized spacial score (nSPS) is 19.8. The molecule has 4 heteroatoms. The first-order valence-electron chi connectivity index (χ1n) is 5.43. The summed E-state index contributed by atoms with van der Waals surface area (Å²) in [4.78, 5) is 11.9. The Morgan fingerprint density at radius 1 is 1.44 bits per heavy atom. The number of hydrogen-bond donors (Lipinski definition) is 2. The Balaban J connectivity index is 2.33. The van der Waals surface area contributed by atoms with Crippen molar-refractivity contribution in [2.45, 2.75) is 13.8 Å². The maximum absolute atomic E-state index is 11.9. The van der Waals surface area contributed by atoms with Gasteiger partial charge in [-0.15, -0.1) is 0 Å². The fraction of sp³-hybridized carbons (Fsp3) is 0.417. The van der Waals surface area contributed by atoms with Crippen LogP contribution in [0.2, 0.25) is 5.02 Å². The van der Waals surface area contributed by atoms with Crippen molar-refractivity contribution in [1.29, 1.82) is 0 Å². The summed E-state index contributed by atoms with van der Waals surface area (Å²) < 4.78 is 0. The molecule has 1 amide bonds. The van der Waals surface area contributed by atoms with E-state index in [-0.39, 0.29) is 11.8 Å². The SMILES string of the molecule is CC(C)C1CNc2c(Cl)cccc2NC1=O. The molecule has 16 heavy (non-hydrogen) atoms. The van der Waals surface area contributed by atoms with Gasteiger partial charge in [0.2, 0.25) is 5.91 Å². The number of hydrogen-bond acceptors (Lipinski definition) is 2. The third kappa shape index (κ3) is 2.00. The van der Waals surface area contributed by atoms with Crippen molar-refractivity contribution in [2.24, 2.45) is 11.8 Å². The van der Waals surface area contributed by atoms with E-state index in [0.717, 1.165) is 11.4 Å². The molecule has 0 radical (unpaired) electrons. The van der Waals surface area contributed by atoms with E-state index < -0.39 is 0 Å². The van der Waals surface area contributed by atoms with Crippen LogP contribution in [0.1, 0.15) is 13.8 Å². The minimum absolute atomic E-state index is 0.0246. The fourth-order valence-electron chi connectivity index (χ4n) is 1.88. The van der Waals surface area contributed by atoms with Crippen LogP contribution < -0.4 is 10.6 Å². The minimum atomic E-state index is -0.0246. The first-order valence-corrected chi connectivity index (χ1v) is 5.80. The number of amides is 1. The second kappa shape index (κ2) is 4.34. The van der Waals surface area contributed by atoms with Gasteiger partial charge in [-0.1, -0.05) is 31.5 Å². The van der Waals surface area contributed by atoms with Gasteiger partial charge in [0.05, 0.1) is 22.3 Å². The zero-order chi connectivity index (χ0) is 11.7. The summed E-state index contributed by atoms with van der Waals surface area (Å²) in [7, 11) is 0. The molecule has 1 heterocycles. The van der Waals surface area contributed by atoms with Crippen molar-refractivity contribution in [2.75, 3.05) is 17.2 Å². The predicted octanol–water partition coefficient (Wildman–Crippen LogP) is 2.98. The van der Waals surface area contributed by atoms with Gasteiger partial charge in [0.25, 0.3) is 0 Å². The molecule has 3 nitrogen and oxygen atoms in total. The van der Waals surface area contributed by atoms with E-state index in [1.165, 1.54) is 0 Å². The lowest BCUT2D eigenvalue weighted by atomic mass is 9.95. The molecule has 86 valence electrons. The Kier molecular flexibility index (Phi) is 3.06. The summed E-state index contributed by atoms with van der Waals surface area (Å²) in [5, 5.41) is 6.79. The lowest BCUT2D eigenvalue weighted by molar-refractivity contribution is -0.120. The van der Waals surface area contributed by atoms with E-state index in [4.69, 9.17) is 11.6 Å². The highest BCUT2D eigenvalue weighted by molar-refractivity contribution is 6.34. The smallest absolute Gasteiger partial charge is 0.229 e. The predicted molar refractivity (Wildman–Crippen MR) is 66.9 cm³/mol. The average Bonchev–Trinajstić information content (AvgIpc) is 2.37. The molecule has 0 fully saturated rings. The van der Waals surface area contributed by atoms with Crippen LogP contribution in [0.4, 0.5) is 11.4 Å². The van der Waals surface area contributed by atoms with Crippen LogP contribution in [0, 0.1) is 11.8 Å². The highest BCUT2D eigenvalue weighted by Crippen LogP contribution is 2.33. The summed E-state index contributed by atoms with van der Waals surface area (Å²) >= 11 is 6.08. The molecule has 0 saturated carbocycles. The zero-order valence-corrected chi connectivity index (χ0v) is 10.1. The van der Waals surface area contributed by atoms with Crippen LogP contribution in [0.15, 0.2) is 18.2 Å². The van der Waals surface area contributed by atoms with E-state index >= 15 is 0 Å². The van der Waals surface area contributed by atoms with Crippen molar-refractivity contribution in [3.63, 3.8) is 0 Å². The van der Waals surface area contributed by atoms with Gasteiger partial charge in [0.15, 0.2) is 0 Å². The van der Waals surface area contributed by atoms with Crippen LogP contribution in [-0.4, -0.2) is 12.5 Å². The molecule has 0 bridgehead atoms. The van der Waals surface area contributed by atoms with E-state index in [1.54, 1.807) is 0 Å². The Hall–Kier alpha value is -1.22. The summed E-state index contributed by atoms with van der Waals surface area (Å²) in [6.07, 6.45) is 0. The molecule has 1 aliphatic rings. The highest BCUT2D eigenvalue weighted by atomic mass is 35.5. The van der Waals surface area contributed by atoms with Crippen molar-refractivity contribution < 1.29 is 4.79 Å². The molecule has 0 spiro atoms. The van der Waals surface area contributed by atoms with E-state index in [9.17, 15) is 4.79 Å². The topological polar surface area (TPSA) is 41.1 Å². The Bertz CT molecular complexity index is 417. The number of para-hydroxylation sites is 1. The molecule has 2 N–H and O–H groups in total. The molecule has 1 aromatic carbocycles. The lowest BCUT2D eigenvalue weighted by Gasteiger charge is -2.16. The second-order valence-corrected chi connectivity index (χ2v) is 4.79. The first kappa shape index (κ1) is 11.3. The monoisotopic (exact) mass is 238 g/mol. The number of benzene rings is 1. The Morgan fingerprint density at radius 3 is 2.88 bits per heavy atom. The minimum Gasteiger partial charge on any atom is -0.381 e. The van der Waals surface area contributed by atoms with Gasteiger partial charge in [-0.3, -0.25) is 4.79 Å². The summed E-state index contributed by atoms with van der Waals surface area (Å²) in [6, 6.07) is 5.50. The van der Waals surface area contributed by atoms with Crippen LogP contribution in [0.25, 0.3) is 0 Å². The maximum atomic E-state index is 11.9. The molecule has 1 atom stereocenters. The van der Waals surface area contributed by atoms with Gasteiger partial charge in [0, 0.05) is 6.54 Å². The molecule has 1 unspecified atom stereocenters. The number of rotatable bonds is 1. The highest BCUT2D eigenvalue weighted by Gasteiger charge is 2.26. The van der Waals surface area contributed by atoms with Gasteiger partial charge in [0.1, 0.15) is 0 Å². The quantitative estimate of drug-likeness (QED) is 0.790. The number of anilines is 2. The number of halogens is 1. The van der Waals surface area contributed by atoms with Crippen LogP contribution in [0.5, 0.6) is 0 Å². The largest absolute Gasteiger partial charge is 0.381 e. The molecule has 2 rings (SSSR count). The van der Waals surface area contributed by atoms with Gasteiger partial charge in [-0.05, 0) is 18.1 Å². The van der Waals surface area contributed by atoms with E-state index in [0.29, 0.717) is 17.5 Å². The van der Waals surface area contributed by atoms with Crippen LogP contribution >= 0.6 is 11.6 Å². The van der Waals surface area contributed by atoms with E-state index in [2.05, 4.69) is 10.6 Å². The first-order chi connectivity index (χ1) is 7.59. The number of nitrogens with one attached hydrogen (secondary N) is 2. The molecule has 1 aromatic rings. The zero-order valence-electron chi connectivity index (χ0n) is 9.38. The third-order valence-corrected chi connectivity index (χ3v) is 3.23. The maximum Gasteiger partial charge on any atom is 0.229 e. The van der Waals surface area contributed by atoms with Gasteiger partial charge < -0.3 is 10.6 Å². The molecule has 1 aliphatic heterocycles. The lowest BCUT2D eigenvalue weighted by Crippen LogP contribution is -2.29. The molecule has 0 aliphatic carbocycles. The average molecular weight is 239 g/mol. The third-order valence-electron chi connectivity index (χ3n) is 2.91. The van der Waals surface area contributed by atoms with Crippen LogP contribution in [-0.2, 0) is 4.79 Å². The second-order valence-electron chi connectivity index (χ2n) is 4.38. The van der Waals surface area contributed by atoms with Crippen molar-refractivity contribution >= 4 is 28.9 Å². The van der Waals surface area contributed by atoms with Crippen LogP contribution in [0.3, 0.4) is 0 Å². The fourth-order valence-corrected chi connectivity index (χ4v) is 2.12. The van der Waals surface area contributed by atoms with E-state index in [1.807, 2.05) is 32.0 Å². The standard InChI is InChI=1S/C12H15ClN2O/c1-7(2)8-6-14-11-9(13)4-3-5-10(11)15-12(8)16/h3-5,7-8,14H,6H2,1-2H3,(H,15,16). The number of carbonyl (C=O) groups excluding carboxylic acids is 1. The molecule has 0 saturated heterocycles. The van der Waals surface area contributed by atoms with Gasteiger partial charge in [-0.25, -0.2) is 0 Å². The summed E-state index contributed by atoms with van der Waals surface area (Å²) in [6.45, 7) is 4.72. The van der Waals surface area contributed by atoms with Gasteiger partial charge >= 0.3 is 0 Å². The molecular formula is C12H15ClN2O. The van der Waals surface area contributed by atoms with Crippen molar-refractivity contribution in [1.82, 2.24) is 0 Å². The summed E-state index contributed by atoms with van der Waals surface area (Å²) in [5.74, 6) is 0.340. The van der Waals surface area contributed by atoms with Crippen molar-refractivity contribution in [3.8, 4) is 0 Å². The van der Waals surface area contributed by atoms with Crippen molar-refractivity contribution in [3.05, 3.63) is 23.2 Å².